The van der Waals surface area contributed by atoms with Crippen molar-refractivity contribution in [3.05, 3.63) is 77.4 Å². The number of amides is 1. The SMILES string of the molecule is Cn1cc(C(=O)NC(=Nc2cc(-c3ccc(O)c(F)c3)[nH]n2)Nc2ccc(F)c(F)c2)c(C(F)(F)F)n1. The van der Waals surface area contributed by atoms with E-state index in [9.17, 15) is 36.2 Å². The summed E-state index contributed by atoms with van der Waals surface area (Å²) in [6.45, 7) is 0. The third-order valence-electron chi connectivity index (χ3n) is 4.81. The number of carbonyl (C=O) groups excluding carboxylic acids is 1. The number of carbonyl (C=O) groups is 1. The van der Waals surface area contributed by atoms with Crippen LogP contribution in [0.2, 0.25) is 0 Å². The molecule has 0 radical (unpaired) electrons. The lowest BCUT2D eigenvalue weighted by molar-refractivity contribution is -0.141. The molecule has 0 aliphatic rings. The molecule has 0 saturated carbocycles. The van der Waals surface area contributed by atoms with Crippen molar-refractivity contribution in [2.75, 3.05) is 5.32 Å². The Kier molecular flexibility index (Phi) is 6.61. The first-order valence-electron chi connectivity index (χ1n) is 10.2. The molecule has 4 aromatic rings. The van der Waals surface area contributed by atoms with Crippen molar-refractivity contribution in [1.29, 1.82) is 0 Å². The molecule has 0 bridgehead atoms. The van der Waals surface area contributed by atoms with Gasteiger partial charge in [-0.05, 0) is 30.3 Å². The van der Waals surface area contributed by atoms with Gasteiger partial charge in [-0.15, -0.1) is 0 Å². The van der Waals surface area contributed by atoms with Gasteiger partial charge in [0.1, 0.15) is 0 Å². The van der Waals surface area contributed by atoms with E-state index < -0.39 is 52.5 Å². The summed E-state index contributed by atoms with van der Waals surface area (Å²) in [6, 6.07) is 7.42. The van der Waals surface area contributed by atoms with Crippen molar-refractivity contribution >= 4 is 23.4 Å². The first-order chi connectivity index (χ1) is 17.4. The third-order valence-corrected chi connectivity index (χ3v) is 4.81. The number of phenolic OH excluding ortho intramolecular Hbond substituents is 1. The van der Waals surface area contributed by atoms with Gasteiger partial charge in [-0.3, -0.25) is 19.9 Å². The molecule has 0 unspecified atom stereocenters. The van der Waals surface area contributed by atoms with Crippen LogP contribution in [0.15, 0.2) is 53.7 Å². The van der Waals surface area contributed by atoms with Crippen molar-refractivity contribution in [1.82, 2.24) is 25.3 Å². The van der Waals surface area contributed by atoms with Crippen molar-refractivity contribution < 1.29 is 36.2 Å². The largest absolute Gasteiger partial charge is 0.505 e. The van der Waals surface area contributed by atoms with E-state index in [1.54, 1.807) is 0 Å². The Balaban J connectivity index is 1.69. The minimum Gasteiger partial charge on any atom is -0.505 e. The normalized spacial score (nSPS) is 12.0. The summed E-state index contributed by atoms with van der Waals surface area (Å²) in [7, 11) is 1.19. The number of phenols is 1. The Labute approximate surface area is 203 Å². The Morgan fingerprint density at radius 1 is 1.05 bits per heavy atom. The van der Waals surface area contributed by atoms with Crippen molar-refractivity contribution in [3.63, 3.8) is 0 Å². The zero-order valence-electron chi connectivity index (χ0n) is 18.5. The Bertz CT molecular complexity index is 1510. The second-order valence-electron chi connectivity index (χ2n) is 7.54. The summed E-state index contributed by atoms with van der Waals surface area (Å²) in [5.74, 6) is -5.75. The second kappa shape index (κ2) is 9.67. The average molecular weight is 523 g/mol. The smallest absolute Gasteiger partial charge is 0.435 e. The Morgan fingerprint density at radius 3 is 2.49 bits per heavy atom. The number of nitrogens with zero attached hydrogens (tertiary/aromatic N) is 4. The highest BCUT2D eigenvalue weighted by Crippen LogP contribution is 2.30. The summed E-state index contributed by atoms with van der Waals surface area (Å²) in [5.41, 5.74) is -1.86. The van der Waals surface area contributed by atoms with Gasteiger partial charge < -0.3 is 10.4 Å². The molecule has 2 aromatic heterocycles. The number of rotatable bonds is 4. The fourth-order valence-electron chi connectivity index (χ4n) is 3.14. The van der Waals surface area contributed by atoms with Gasteiger partial charge in [0.05, 0.1) is 11.3 Å². The average Bonchev–Trinajstić information content (AvgIpc) is 3.45. The van der Waals surface area contributed by atoms with Crippen LogP contribution in [0.5, 0.6) is 5.75 Å². The van der Waals surface area contributed by atoms with Crippen LogP contribution >= 0.6 is 0 Å². The molecular weight excluding hydrogens is 508 g/mol. The number of H-pyrrole nitrogens is 1. The monoisotopic (exact) mass is 523 g/mol. The van der Waals surface area contributed by atoms with E-state index in [0.29, 0.717) is 0 Å². The Morgan fingerprint density at radius 2 is 1.81 bits per heavy atom. The molecule has 37 heavy (non-hydrogen) atoms. The van der Waals surface area contributed by atoms with Crippen LogP contribution < -0.4 is 10.6 Å². The molecule has 2 heterocycles. The lowest BCUT2D eigenvalue weighted by Crippen LogP contribution is -2.36. The van der Waals surface area contributed by atoms with E-state index in [1.165, 1.54) is 19.2 Å². The number of nitrogens with one attached hydrogen (secondary N) is 3. The highest BCUT2D eigenvalue weighted by Gasteiger charge is 2.39. The number of halogens is 6. The predicted molar refractivity (Wildman–Crippen MR) is 118 cm³/mol. The molecule has 4 rings (SSSR count). The van der Waals surface area contributed by atoms with E-state index in [2.05, 4.69) is 30.9 Å². The number of hydrogen-bond donors (Lipinski definition) is 4. The fourth-order valence-corrected chi connectivity index (χ4v) is 3.14. The molecule has 2 aromatic carbocycles. The molecule has 1 amide bonds. The van der Waals surface area contributed by atoms with E-state index in [-0.39, 0.29) is 22.8 Å². The lowest BCUT2D eigenvalue weighted by atomic mass is 10.1. The molecule has 0 atom stereocenters. The number of guanidine groups is 1. The van der Waals surface area contributed by atoms with Crippen LogP contribution in [-0.2, 0) is 13.2 Å². The van der Waals surface area contributed by atoms with Gasteiger partial charge in [0.15, 0.2) is 34.7 Å². The molecule has 15 heteroatoms. The molecule has 0 fully saturated rings. The zero-order valence-corrected chi connectivity index (χ0v) is 18.5. The number of aryl methyl sites for hydroxylation is 1. The quantitative estimate of drug-likeness (QED) is 0.179. The summed E-state index contributed by atoms with van der Waals surface area (Å²) in [4.78, 5) is 16.7. The van der Waals surface area contributed by atoms with Gasteiger partial charge in [0, 0.05) is 36.6 Å². The molecule has 0 saturated heterocycles. The number of aromatic amines is 1. The summed E-state index contributed by atoms with van der Waals surface area (Å²) in [6.07, 6.45) is -4.09. The number of aromatic nitrogens is 4. The standard InChI is InChI=1S/C22H15F6N7O2/c1-35-9-12(19(34-35)22(26,27)28)20(37)31-21(29-11-3-4-13(23)14(24)7-11)30-18-8-16(32-33-18)10-2-5-17(36)15(25)6-10/h2-9,36H,1H3,(H3,29,30,31,32,33,37). The maximum atomic E-state index is 13.7. The summed E-state index contributed by atoms with van der Waals surface area (Å²) < 4.78 is 81.4. The molecule has 0 aliphatic carbocycles. The second-order valence-corrected chi connectivity index (χ2v) is 7.54. The van der Waals surface area contributed by atoms with Gasteiger partial charge in [-0.2, -0.15) is 28.4 Å². The first kappa shape index (κ1) is 25.3. The van der Waals surface area contributed by atoms with Crippen molar-refractivity contribution in [2.45, 2.75) is 6.18 Å². The van der Waals surface area contributed by atoms with Crippen LogP contribution in [0.25, 0.3) is 11.3 Å². The van der Waals surface area contributed by atoms with Gasteiger partial charge in [0.2, 0.25) is 5.96 Å². The molecule has 0 aliphatic heterocycles. The molecule has 4 N–H and O–H groups in total. The minimum atomic E-state index is -4.94. The maximum Gasteiger partial charge on any atom is 0.435 e. The lowest BCUT2D eigenvalue weighted by Gasteiger charge is -2.12. The van der Waals surface area contributed by atoms with Crippen LogP contribution in [0.4, 0.5) is 37.8 Å². The van der Waals surface area contributed by atoms with Crippen molar-refractivity contribution in [2.24, 2.45) is 12.0 Å². The van der Waals surface area contributed by atoms with Gasteiger partial charge in [-0.25, -0.2) is 13.2 Å². The van der Waals surface area contributed by atoms with Crippen LogP contribution in [0.1, 0.15) is 16.1 Å². The zero-order chi connectivity index (χ0) is 26.9. The topological polar surface area (TPSA) is 120 Å². The molecular formula is C22H15F6N7O2. The number of aromatic hydroxyl groups is 1. The van der Waals surface area contributed by atoms with E-state index in [0.717, 1.165) is 41.2 Å². The van der Waals surface area contributed by atoms with Crippen LogP contribution in [-0.4, -0.2) is 37.0 Å². The predicted octanol–water partition coefficient (Wildman–Crippen LogP) is 4.48. The van der Waals surface area contributed by atoms with Gasteiger partial charge in [-0.1, -0.05) is 0 Å². The molecule has 9 nitrogen and oxygen atoms in total. The highest BCUT2D eigenvalue weighted by atomic mass is 19.4. The highest BCUT2D eigenvalue weighted by molar-refractivity contribution is 6.11. The van der Waals surface area contributed by atoms with E-state index in [1.807, 2.05) is 0 Å². The number of hydrogen-bond acceptors (Lipinski definition) is 5. The minimum absolute atomic E-state index is 0.100. The Hall–Kier alpha value is -4.82. The maximum absolute atomic E-state index is 13.7. The van der Waals surface area contributed by atoms with Gasteiger partial charge in [0.25, 0.3) is 5.91 Å². The van der Waals surface area contributed by atoms with Crippen LogP contribution in [0.3, 0.4) is 0 Å². The number of benzene rings is 2. The van der Waals surface area contributed by atoms with E-state index in [4.69, 9.17) is 0 Å². The number of alkyl halides is 3. The first-order valence-corrected chi connectivity index (χ1v) is 10.2. The fraction of sp³-hybridized carbons (Fsp3) is 0.0909. The third kappa shape index (κ3) is 5.71. The number of anilines is 1. The van der Waals surface area contributed by atoms with E-state index >= 15 is 0 Å². The molecule has 192 valence electrons. The molecule has 0 spiro atoms. The van der Waals surface area contributed by atoms with Crippen molar-refractivity contribution in [3.8, 4) is 17.0 Å². The van der Waals surface area contributed by atoms with Gasteiger partial charge >= 0.3 is 6.18 Å². The number of aliphatic imine (C=N–C) groups is 1. The van der Waals surface area contributed by atoms with Crippen LogP contribution in [0, 0.1) is 17.5 Å². The summed E-state index contributed by atoms with van der Waals surface area (Å²) >= 11 is 0. The summed E-state index contributed by atoms with van der Waals surface area (Å²) in [5, 5.41) is 23.7.